The Bertz CT molecular complexity index is 467. The number of nitrogens with zero attached hydrogens (tertiary/aromatic N) is 1. The number of nitrogens with one attached hydrogen (secondary N) is 1. The second-order valence-corrected chi connectivity index (χ2v) is 5.95. The molecule has 5 heteroatoms. The van der Waals surface area contributed by atoms with E-state index in [1.54, 1.807) is 0 Å². The molecule has 2 unspecified atom stereocenters. The number of ether oxygens (including phenoxy) is 2. The van der Waals surface area contributed by atoms with E-state index in [2.05, 4.69) is 24.4 Å². The van der Waals surface area contributed by atoms with Crippen LogP contribution >= 0.6 is 0 Å². The lowest BCUT2D eigenvalue weighted by atomic mass is 10.1. The first kappa shape index (κ1) is 17.8. The molecule has 1 fully saturated rings. The van der Waals surface area contributed by atoms with Gasteiger partial charge in [-0.2, -0.15) is 0 Å². The number of hydrogen-bond acceptors (Lipinski definition) is 3. The maximum atomic E-state index is 12.2. The van der Waals surface area contributed by atoms with Crippen molar-refractivity contribution in [3.8, 4) is 0 Å². The van der Waals surface area contributed by atoms with Crippen LogP contribution in [0.5, 0.6) is 0 Å². The lowest BCUT2D eigenvalue weighted by Gasteiger charge is -2.26. The van der Waals surface area contributed by atoms with Crippen LogP contribution in [0, 0.1) is 0 Å². The monoisotopic (exact) mass is 320 g/mol. The molecular formula is C18H28N2O3. The summed E-state index contributed by atoms with van der Waals surface area (Å²) in [7, 11) is 0. The number of carbonyl (C=O) groups is 1. The molecule has 1 aliphatic rings. The zero-order valence-electron chi connectivity index (χ0n) is 14.2. The average Bonchev–Trinajstić information content (AvgIpc) is 2.79. The molecule has 128 valence electrons. The smallest absolute Gasteiger partial charge is 0.317 e. The molecule has 1 aromatic rings. The highest BCUT2D eigenvalue weighted by Crippen LogP contribution is 2.15. The molecule has 23 heavy (non-hydrogen) atoms. The summed E-state index contributed by atoms with van der Waals surface area (Å²) in [6, 6.07) is 10.4. The van der Waals surface area contributed by atoms with Gasteiger partial charge in [-0.1, -0.05) is 30.3 Å². The van der Waals surface area contributed by atoms with Crippen LogP contribution < -0.4 is 5.32 Å². The Morgan fingerprint density at radius 3 is 2.96 bits per heavy atom. The SMILES string of the molecule is CC(OCCCNC(=O)N1CCOCCC1C)c1ccccc1. The second-order valence-electron chi connectivity index (χ2n) is 5.95. The van der Waals surface area contributed by atoms with Crippen LogP contribution in [-0.2, 0) is 9.47 Å². The van der Waals surface area contributed by atoms with Gasteiger partial charge in [-0.25, -0.2) is 4.79 Å². The molecule has 0 aromatic heterocycles. The maximum absolute atomic E-state index is 12.2. The van der Waals surface area contributed by atoms with Crippen molar-refractivity contribution >= 4 is 6.03 Å². The first-order valence-corrected chi connectivity index (χ1v) is 8.47. The van der Waals surface area contributed by atoms with E-state index >= 15 is 0 Å². The fraction of sp³-hybridized carbons (Fsp3) is 0.611. The average molecular weight is 320 g/mol. The Labute approximate surface area is 139 Å². The quantitative estimate of drug-likeness (QED) is 0.820. The second kappa shape index (κ2) is 9.53. The Hall–Kier alpha value is -1.59. The van der Waals surface area contributed by atoms with E-state index in [9.17, 15) is 4.79 Å². The van der Waals surface area contributed by atoms with Crippen LogP contribution in [0.25, 0.3) is 0 Å². The molecule has 2 amide bonds. The van der Waals surface area contributed by atoms with Gasteiger partial charge in [-0.3, -0.25) is 0 Å². The van der Waals surface area contributed by atoms with Crippen molar-refractivity contribution in [3.63, 3.8) is 0 Å². The van der Waals surface area contributed by atoms with Crippen molar-refractivity contribution in [3.05, 3.63) is 35.9 Å². The van der Waals surface area contributed by atoms with Crippen molar-refractivity contribution in [2.75, 3.05) is 32.9 Å². The van der Waals surface area contributed by atoms with E-state index in [-0.39, 0.29) is 18.2 Å². The Balaban J connectivity index is 1.62. The van der Waals surface area contributed by atoms with Gasteiger partial charge in [0, 0.05) is 32.3 Å². The highest BCUT2D eigenvalue weighted by atomic mass is 16.5. The number of urea groups is 1. The molecule has 0 saturated carbocycles. The molecule has 0 radical (unpaired) electrons. The van der Waals surface area contributed by atoms with Crippen LogP contribution in [-0.4, -0.2) is 49.9 Å². The van der Waals surface area contributed by atoms with E-state index in [1.165, 1.54) is 5.56 Å². The van der Waals surface area contributed by atoms with E-state index in [1.807, 2.05) is 30.0 Å². The van der Waals surface area contributed by atoms with Crippen molar-refractivity contribution in [2.45, 2.75) is 38.8 Å². The number of carbonyl (C=O) groups excluding carboxylic acids is 1. The van der Waals surface area contributed by atoms with Crippen LogP contribution in [0.2, 0.25) is 0 Å². The maximum Gasteiger partial charge on any atom is 0.317 e. The van der Waals surface area contributed by atoms with Crippen molar-refractivity contribution in [1.29, 1.82) is 0 Å². The molecule has 1 N–H and O–H groups in total. The van der Waals surface area contributed by atoms with Gasteiger partial charge in [0.1, 0.15) is 0 Å². The molecule has 5 nitrogen and oxygen atoms in total. The molecule has 0 spiro atoms. The van der Waals surface area contributed by atoms with Gasteiger partial charge in [0.2, 0.25) is 0 Å². The lowest BCUT2D eigenvalue weighted by molar-refractivity contribution is 0.0641. The molecular weight excluding hydrogens is 292 g/mol. The molecule has 2 rings (SSSR count). The van der Waals surface area contributed by atoms with E-state index in [0.29, 0.717) is 26.3 Å². The van der Waals surface area contributed by atoms with E-state index in [4.69, 9.17) is 9.47 Å². The lowest BCUT2D eigenvalue weighted by Crippen LogP contribution is -2.45. The minimum Gasteiger partial charge on any atom is -0.380 e. The fourth-order valence-corrected chi connectivity index (χ4v) is 2.65. The molecule has 1 aliphatic heterocycles. The summed E-state index contributed by atoms with van der Waals surface area (Å²) in [4.78, 5) is 14.1. The van der Waals surface area contributed by atoms with Gasteiger partial charge < -0.3 is 19.7 Å². The van der Waals surface area contributed by atoms with Gasteiger partial charge in [0.15, 0.2) is 0 Å². The van der Waals surface area contributed by atoms with Crippen molar-refractivity contribution in [1.82, 2.24) is 10.2 Å². The summed E-state index contributed by atoms with van der Waals surface area (Å²) in [5, 5.41) is 2.98. The van der Waals surface area contributed by atoms with Gasteiger partial charge in [0.05, 0.1) is 12.7 Å². The summed E-state index contributed by atoms with van der Waals surface area (Å²) >= 11 is 0. The molecule has 0 aliphatic carbocycles. The highest BCUT2D eigenvalue weighted by molar-refractivity contribution is 5.74. The van der Waals surface area contributed by atoms with Crippen LogP contribution in [0.3, 0.4) is 0 Å². The third-order valence-electron chi connectivity index (χ3n) is 4.18. The van der Waals surface area contributed by atoms with Crippen LogP contribution in [0.1, 0.15) is 38.4 Å². The van der Waals surface area contributed by atoms with Gasteiger partial charge in [0.25, 0.3) is 0 Å². The third-order valence-corrected chi connectivity index (χ3v) is 4.18. The Morgan fingerprint density at radius 2 is 2.17 bits per heavy atom. The predicted octanol–water partition coefficient (Wildman–Crippen LogP) is 2.97. The first-order chi connectivity index (χ1) is 11.2. The fourth-order valence-electron chi connectivity index (χ4n) is 2.65. The number of benzene rings is 1. The van der Waals surface area contributed by atoms with Crippen molar-refractivity contribution < 1.29 is 14.3 Å². The summed E-state index contributed by atoms with van der Waals surface area (Å²) in [5.74, 6) is 0. The number of hydrogen-bond donors (Lipinski definition) is 1. The topological polar surface area (TPSA) is 50.8 Å². The molecule has 1 heterocycles. The molecule has 0 bridgehead atoms. The molecule has 2 atom stereocenters. The largest absolute Gasteiger partial charge is 0.380 e. The molecule has 1 saturated heterocycles. The number of rotatable bonds is 6. The predicted molar refractivity (Wildman–Crippen MR) is 90.4 cm³/mol. The summed E-state index contributed by atoms with van der Waals surface area (Å²) in [5.41, 5.74) is 1.18. The van der Waals surface area contributed by atoms with Gasteiger partial charge >= 0.3 is 6.03 Å². The Kier molecular flexibility index (Phi) is 7.36. The highest BCUT2D eigenvalue weighted by Gasteiger charge is 2.21. The first-order valence-electron chi connectivity index (χ1n) is 8.47. The Morgan fingerprint density at radius 1 is 1.39 bits per heavy atom. The van der Waals surface area contributed by atoms with Crippen molar-refractivity contribution in [2.24, 2.45) is 0 Å². The summed E-state index contributed by atoms with van der Waals surface area (Å²) in [6.07, 6.45) is 1.78. The standard InChI is InChI=1S/C18H28N2O3/c1-15-9-13-22-14-11-20(15)18(21)19-10-6-12-23-16(2)17-7-4-3-5-8-17/h3-5,7-8,15-16H,6,9-14H2,1-2H3,(H,19,21). The van der Waals surface area contributed by atoms with Crippen LogP contribution in [0.15, 0.2) is 30.3 Å². The third kappa shape index (κ3) is 5.84. The van der Waals surface area contributed by atoms with E-state index in [0.717, 1.165) is 19.4 Å². The van der Waals surface area contributed by atoms with Gasteiger partial charge in [-0.15, -0.1) is 0 Å². The van der Waals surface area contributed by atoms with Crippen LogP contribution in [0.4, 0.5) is 4.79 Å². The summed E-state index contributed by atoms with van der Waals surface area (Å²) in [6.45, 7) is 7.39. The van der Waals surface area contributed by atoms with E-state index < -0.39 is 0 Å². The minimum atomic E-state index is -0.000826. The number of amides is 2. The normalized spacial score (nSPS) is 19.9. The van der Waals surface area contributed by atoms with Gasteiger partial charge in [-0.05, 0) is 32.3 Å². The minimum absolute atomic E-state index is 0.000826. The molecule has 1 aromatic carbocycles. The zero-order valence-corrected chi connectivity index (χ0v) is 14.2. The zero-order chi connectivity index (χ0) is 16.5. The summed E-state index contributed by atoms with van der Waals surface area (Å²) < 4.78 is 11.2.